The molecule has 0 saturated carbocycles. The molecular weight excluding hydrogens is 304 g/mol. The number of likely N-dealkylation sites (tertiary alicyclic amines) is 1. The number of piperidine rings is 1. The van der Waals surface area contributed by atoms with Gasteiger partial charge in [0.05, 0.1) is 19.3 Å². The predicted molar refractivity (Wildman–Crippen MR) is 93.0 cm³/mol. The van der Waals surface area contributed by atoms with Crippen LogP contribution in [-0.4, -0.2) is 61.2 Å². The van der Waals surface area contributed by atoms with Crippen LogP contribution in [0.15, 0.2) is 36.9 Å². The number of methoxy groups -OCH3 is 1. The Hall–Kier alpha value is -1.85. The molecule has 0 atom stereocenters. The maximum atomic E-state index is 11.9. The number of nitrogens with zero attached hydrogens (tertiary/aromatic N) is 2. The van der Waals surface area contributed by atoms with E-state index in [9.17, 15) is 4.79 Å². The first kappa shape index (κ1) is 17.0. The summed E-state index contributed by atoms with van der Waals surface area (Å²) in [6.45, 7) is 8.16. The highest BCUT2D eigenvalue weighted by Crippen LogP contribution is 2.31. The maximum absolute atomic E-state index is 11.9. The number of amides is 1. The van der Waals surface area contributed by atoms with E-state index in [4.69, 9.17) is 9.47 Å². The van der Waals surface area contributed by atoms with E-state index in [-0.39, 0.29) is 18.1 Å². The van der Waals surface area contributed by atoms with Crippen LogP contribution in [0.3, 0.4) is 0 Å². The van der Waals surface area contributed by atoms with Gasteiger partial charge in [-0.25, -0.2) is 0 Å². The molecule has 0 N–H and O–H groups in total. The molecule has 2 heterocycles. The lowest BCUT2D eigenvalue weighted by Gasteiger charge is -2.46. The summed E-state index contributed by atoms with van der Waals surface area (Å²) in [6.07, 6.45) is 3.71. The van der Waals surface area contributed by atoms with Crippen molar-refractivity contribution in [2.24, 2.45) is 0 Å². The van der Waals surface area contributed by atoms with Crippen LogP contribution in [0.1, 0.15) is 18.4 Å². The SMILES string of the molecule is C=CCN1CC2(CCN(Cc3ccc(OC)cc3)CC2)OCC1=O. The summed E-state index contributed by atoms with van der Waals surface area (Å²) in [4.78, 5) is 16.2. The van der Waals surface area contributed by atoms with Crippen molar-refractivity contribution < 1.29 is 14.3 Å². The fraction of sp³-hybridized carbons (Fsp3) is 0.526. The molecule has 2 aliphatic heterocycles. The smallest absolute Gasteiger partial charge is 0.248 e. The predicted octanol–water partition coefficient (Wildman–Crippen LogP) is 2.07. The zero-order valence-corrected chi connectivity index (χ0v) is 14.4. The van der Waals surface area contributed by atoms with Gasteiger partial charge in [-0.3, -0.25) is 9.69 Å². The minimum Gasteiger partial charge on any atom is -0.497 e. The van der Waals surface area contributed by atoms with Crippen LogP contribution in [0.25, 0.3) is 0 Å². The molecule has 1 aromatic rings. The summed E-state index contributed by atoms with van der Waals surface area (Å²) in [5.41, 5.74) is 1.12. The van der Waals surface area contributed by atoms with Crippen LogP contribution in [0.4, 0.5) is 0 Å². The molecule has 0 aromatic heterocycles. The molecule has 0 unspecified atom stereocenters. The number of hydrogen-bond donors (Lipinski definition) is 0. The number of carbonyl (C=O) groups excluding carboxylic acids is 1. The molecule has 1 aromatic carbocycles. The summed E-state index contributed by atoms with van der Waals surface area (Å²) < 4.78 is 11.2. The van der Waals surface area contributed by atoms with Crippen molar-refractivity contribution in [2.75, 3.05) is 39.9 Å². The summed E-state index contributed by atoms with van der Waals surface area (Å²) in [5, 5.41) is 0. The Morgan fingerprint density at radius 3 is 2.62 bits per heavy atom. The van der Waals surface area contributed by atoms with Crippen LogP contribution >= 0.6 is 0 Å². The average Bonchev–Trinajstić information content (AvgIpc) is 2.61. The molecular formula is C19H26N2O3. The van der Waals surface area contributed by atoms with Gasteiger partial charge in [0, 0.05) is 26.2 Å². The molecule has 0 aliphatic carbocycles. The molecule has 24 heavy (non-hydrogen) atoms. The molecule has 2 fully saturated rings. The normalized spacial score (nSPS) is 21.0. The van der Waals surface area contributed by atoms with E-state index >= 15 is 0 Å². The summed E-state index contributed by atoms with van der Waals surface area (Å²) in [7, 11) is 1.68. The van der Waals surface area contributed by atoms with E-state index in [1.165, 1.54) is 5.56 Å². The standard InChI is InChI=1S/C19H26N2O3/c1-3-10-21-15-19(24-14-18(21)22)8-11-20(12-9-19)13-16-4-6-17(23-2)7-5-16/h3-7H,1,8-15H2,2H3. The van der Waals surface area contributed by atoms with Gasteiger partial charge >= 0.3 is 0 Å². The number of morpholine rings is 1. The topological polar surface area (TPSA) is 42.0 Å². The minimum absolute atomic E-state index is 0.0705. The monoisotopic (exact) mass is 330 g/mol. The Morgan fingerprint density at radius 2 is 2.00 bits per heavy atom. The van der Waals surface area contributed by atoms with Crippen LogP contribution in [0.2, 0.25) is 0 Å². The highest BCUT2D eigenvalue weighted by Gasteiger charge is 2.41. The zero-order valence-electron chi connectivity index (χ0n) is 14.4. The summed E-state index contributed by atoms with van der Waals surface area (Å²) in [6, 6.07) is 8.24. The van der Waals surface area contributed by atoms with Crippen molar-refractivity contribution in [3.05, 3.63) is 42.5 Å². The lowest BCUT2D eigenvalue weighted by Crippen LogP contribution is -2.58. The number of carbonyl (C=O) groups is 1. The fourth-order valence-corrected chi connectivity index (χ4v) is 3.52. The van der Waals surface area contributed by atoms with E-state index in [1.54, 1.807) is 13.2 Å². The Morgan fingerprint density at radius 1 is 1.29 bits per heavy atom. The second kappa shape index (κ2) is 7.36. The second-order valence-electron chi connectivity index (χ2n) is 6.66. The first-order valence-corrected chi connectivity index (χ1v) is 8.52. The summed E-state index contributed by atoms with van der Waals surface area (Å²) >= 11 is 0. The fourth-order valence-electron chi connectivity index (χ4n) is 3.52. The summed E-state index contributed by atoms with van der Waals surface area (Å²) in [5.74, 6) is 0.958. The molecule has 1 spiro atoms. The van der Waals surface area contributed by atoms with Gasteiger partial charge in [-0.15, -0.1) is 6.58 Å². The first-order chi connectivity index (χ1) is 11.6. The van der Waals surface area contributed by atoms with E-state index in [0.717, 1.165) is 38.2 Å². The minimum atomic E-state index is -0.173. The van der Waals surface area contributed by atoms with Gasteiger partial charge in [0.25, 0.3) is 0 Å². The second-order valence-corrected chi connectivity index (χ2v) is 6.66. The quantitative estimate of drug-likeness (QED) is 0.775. The highest BCUT2D eigenvalue weighted by molar-refractivity contribution is 5.78. The molecule has 2 aliphatic rings. The molecule has 0 bridgehead atoms. The lowest BCUT2D eigenvalue weighted by atomic mass is 9.89. The third kappa shape index (κ3) is 3.79. The molecule has 5 nitrogen and oxygen atoms in total. The van der Waals surface area contributed by atoms with Crippen LogP contribution in [-0.2, 0) is 16.1 Å². The van der Waals surface area contributed by atoms with Crippen LogP contribution in [0, 0.1) is 0 Å². The van der Waals surface area contributed by atoms with Crippen LogP contribution in [0.5, 0.6) is 5.75 Å². The maximum Gasteiger partial charge on any atom is 0.248 e. The number of benzene rings is 1. The highest BCUT2D eigenvalue weighted by atomic mass is 16.5. The van der Waals surface area contributed by atoms with Crippen molar-refractivity contribution in [3.8, 4) is 5.75 Å². The van der Waals surface area contributed by atoms with E-state index < -0.39 is 0 Å². The largest absolute Gasteiger partial charge is 0.497 e. The number of hydrogen-bond acceptors (Lipinski definition) is 4. The Balaban J connectivity index is 1.54. The number of ether oxygens (including phenoxy) is 2. The van der Waals surface area contributed by atoms with Gasteiger partial charge in [0.1, 0.15) is 12.4 Å². The molecule has 2 saturated heterocycles. The van der Waals surface area contributed by atoms with Gasteiger partial charge < -0.3 is 14.4 Å². The van der Waals surface area contributed by atoms with Gasteiger partial charge in [0.15, 0.2) is 0 Å². The molecule has 1 amide bonds. The third-order valence-electron chi connectivity index (χ3n) is 5.02. The van der Waals surface area contributed by atoms with Gasteiger partial charge in [-0.1, -0.05) is 18.2 Å². The Bertz CT molecular complexity index is 577. The lowest BCUT2D eigenvalue weighted by molar-refractivity contribution is -0.170. The molecule has 5 heteroatoms. The van der Waals surface area contributed by atoms with E-state index in [0.29, 0.717) is 13.1 Å². The van der Waals surface area contributed by atoms with E-state index in [2.05, 4.69) is 23.6 Å². The van der Waals surface area contributed by atoms with Crippen molar-refractivity contribution in [1.82, 2.24) is 9.80 Å². The van der Waals surface area contributed by atoms with E-state index in [1.807, 2.05) is 17.0 Å². The Kier molecular flexibility index (Phi) is 5.21. The molecule has 0 radical (unpaired) electrons. The van der Waals surface area contributed by atoms with Crippen LogP contribution < -0.4 is 4.74 Å². The Labute approximate surface area is 143 Å². The van der Waals surface area contributed by atoms with Crippen molar-refractivity contribution in [2.45, 2.75) is 25.0 Å². The number of rotatable bonds is 5. The average molecular weight is 330 g/mol. The van der Waals surface area contributed by atoms with Gasteiger partial charge in [0.2, 0.25) is 5.91 Å². The van der Waals surface area contributed by atoms with Crippen molar-refractivity contribution in [1.29, 1.82) is 0 Å². The zero-order chi connectivity index (χ0) is 17.0. The third-order valence-corrected chi connectivity index (χ3v) is 5.02. The first-order valence-electron chi connectivity index (χ1n) is 8.52. The van der Waals surface area contributed by atoms with Gasteiger partial charge in [-0.05, 0) is 30.5 Å². The van der Waals surface area contributed by atoms with Crippen molar-refractivity contribution in [3.63, 3.8) is 0 Å². The molecule has 3 rings (SSSR count). The van der Waals surface area contributed by atoms with Gasteiger partial charge in [-0.2, -0.15) is 0 Å². The molecule has 130 valence electrons. The van der Waals surface area contributed by atoms with Crippen molar-refractivity contribution >= 4 is 5.91 Å².